The highest BCUT2D eigenvalue weighted by molar-refractivity contribution is 5.98. The summed E-state index contributed by atoms with van der Waals surface area (Å²) >= 11 is 0. The van der Waals surface area contributed by atoms with Crippen LogP contribution in [0.15, 0.2) is 18.2 Å². The molecule has 1 aliphatic rings. The maximum atomic E-state index is 12.3. The van der Waals surface area contributed by atoms with E-state index < -0.39 is 11.5 Å². The smallest absolute Gasteiger partial charge is 0.331 e. The fourth-order valence-corrected chi connectivity index (χ4v) is 2.64. The molecule has 1 amide bonds. The van der Waals surface area contributed by atoms with Crippen LogP contribution in [0.5, 0.6) is 0 Å². The van der Waals surface area contributed by atoms with Gasteiger partial charge in [-0.1, -0.05) is 6.07 Å². The molecular formula is C16H21NO4. The first-order chi connectivity index (χ1) is 9.96. The number of fused-ring (bicyclic) bond motifs is 1. The summed E-state index contributed by atoms with van der Waals surface area (Å²) in [7, 11) is 1.41. The first kappa shape index (κ1) is 15.5. The van der Waals surface area contributed by atoms with E-state index in [1.54, 1.807) is 6.07 Å². The number of carbonyl (C=O) groups excluding carboxylic acids is 1. The number of hydrogen-bond acceptors (Lipinski definition) is 3. The monoisotopic (exact) mass is 291 g/mol. The summed E-state index contributed by atoms with van der Waals surface area (Å²) in [4.78, 5) is 23.6. The summed E-state index contributed by atoms with van der Waals surface area (Å²) < 4.78 is 4.90. The third-order valence-corrected chi connectivity index (χ3v) is 3.91. The van der Waals surface area contributed by atoms with E-state index in [1.807, 2.05) is 12.1 Å². The highest BCUT2D eigenvalue weighted by atomic mass is 16.5. The zero-order valence-electron chi connectivity index (χ0n) is 12.4. The van der Waals surface area contributed by atoms with Crippen molar-refractivity contribution in [1.82, 2.24) is 5.32 Å². The van der Waals surface area contributed by atoms with Crippen LogP contribution in [-0.2, 0) is 22.4 Å². The summed E-state index contributed by atoms with van der Waals surface area (Å²) in [6.45, 7) is 1.36. The lowest BCUT2D eigenvalue weighted by Gasteiger charge is -2.25. The Morgan fingerprint density at radius 2 is 1.95 bits per heavy atom. The number of carboxylic acids is 1. The summed E-state index contributed by atoms with van der Waals surface area (Å²) in [6, 6.07) is 5.60. The SMILES string of the molecule is COCC(C)(NC(=O)c1ccc2c(c1)CCCC2)C(=O)O. The second-order valence-electron chi connectivity index (χ2n) is 5.71. The topological polar surface area (TPSA) is 75.6 Å². The van der Waals surface area contributed by atoms with E-state index in [0.29, 0.717) is 5.56 Å². The molecule has 2 rings (SSSR count). The van der Waals surface area contributed by atoms with Gasteiger partial charge in [0.05, 0.1) is 6.61 Å². The van der Waals surface area contributed by atoms with Crippen molar-refractivity contribution in [3.05, 3.63) is 34.9 Å². The van der Waals surface area contributed by atoms with Crippen molar-refractivity contribution in [3.8, 4) is 0 Å². The molecule has 0 radical (unpaired) electrons. The minimum atomic E-state index is -1.43. The molecule has 1 aromatic carbocycles. The van der Waals surface area contributed by atoms with E-state index in [2.05, 4.69) is 5.32 Å². The molecule has 1 aliphatic carbocycles. The molecular weight excluding hydrogens is 270 g/mol. The van der Waals surface area contributed by atoms with Crippen molar-refractivity contribution in [2.45, 2.75) is 38.1 Å². The van der Waals surface area contributed by atoms with Gasteiger partial charge in [-0.3, -0.25) is 4.79 Å². The fraction of sp³-hybridized carbons (Fsp3) is 0.500. The van der Waals surface area contributed by atoms with Crippen LogP contribution >= 0.6 is 0 Å². The molecule has 0 fully saturated rings. The van der Waals surface area contributed by atoms with Crippen molar-refractivity contribution in [3.63, 3.8) is 0 Å². The number of benzene rings is 1. The van der Waals surface area contributed by atoms with Gasteiger partial charge < -0.3 is 15.2 Å². The van der Waals surface area contributed by atoms with Crippen LogP contribution in [0.4, 0.5) is 0 Å². The lowest BCUT2D eigenvalue weighted by atomic mass is 9.90. The Bertz CT molecular complexity index is 555. The number of carbonyl (C=O) groups is 2. The largest absolute Gasteiger partial charge is 0.479 e. The van der Waals surface area contributed by atoms with E-state index in [9.17, 15) is 14.7 Å². The number of methoxy groups -OCH3 is 1. The molecule has 1 unspecified atom stereocenters. The van der Waals surface area contributed by atoms with Crippen molar-refractivity contribution in [1.29, 1.82) is 0 Å². The van der Waals surface area contributed by atoms with Gasteiger partial charge in [-0.15, -0.1) is 0 Å². The molecule has 0 saturated carbocycles. The zero-order valence-corrected chi connectivity index (χ0v) is 12.4. The molecule has 0 saturated heterocycles. The van der Waals surface area contributed by atoms with Gasteiger partial charge in [0.1, 0.15) is 0 Å². The van der Waals surface area contributed by atoms with Gasteiger partial charge >= 0.3 is 5.97 Å². The van der Waals surface area contributed by atoms with E-state index in [4.69, 9.17) is 4.74 Å². The van der Waals surface area contributed by atoms with Crippen LogP contribution in [0.3, 0.4) is 0 Å². The van der Waals surface area contributed by atoms with E-state index in [1.165, 1.54) is 31.6 Å². The predicted molar refractivity (Wildman–Crippen MR) is 78.5 cm³/mol. The van der Waals surface area contributed by atoms with E-state index in [0.717, 1.165) is 19.3 Å². The number of hydrogen-bond donors (Lipinski definition) is 2. The van der Waals surface area contributed by atoms with Crippen molar-refractivity contribution in [2.75, 3.05) is 13.7 Å². The molecule has 2 N–H and O–H groups in total. The Hall–Kier alpha value is -1.88. The highest BCUT2D eigenvalue weighted by Crippen LogP contribution is 2.22. The molecule has 0 spiro atoms. The number of nitrogens with one attached hydrogen (secondary N) is 1. The average Bonchev–Trinajstić information content (AvgIpc) is 2.46. The number of aliphatic carboxylic acids is 1. The summed E-state index contributed by atoms with van der Waals surface area (Å²) in [5.74, 6) is -1.50. The minimum absolute atomic E-state index is 0.0843. The molecule has 1 atom stereocenters. The van der Waals surface area contributed by atoms with Crippen molar-refractivity contribution < 1.29 is 19.4 Å². The third kappa shape index (κ3) is 3.42. The first-order valence-corrected chi connectivity index (χ1v) is 7.13. The predicted octanol–water partition coefficient (Wildman–Crippen LogP) is 1.78. The van der Waals surface area contributed by atoms with Gasteiger partial charge in [0, 0.05) is 12.7 Å². The number of rotatable bonds is 5. The lowest BCUT2D eigenvalue weighted by Crippen LogP contribution is -2.55. The highest BCUT2D eigenvalue weighted by Gasteiger charge is 2.35. The standard InChI is InChI=1S/C16H21NO4/c1-16(10-21-2,15(19)20)17-14(18)13-8-7-11-5-3-4-6-12(11)9-13/h7-9H,3-6,10H2,1-2H3,(H,17,18)(H,19,20). The number of ether oxygens (including phenoxy) is 1. The van der Waals surface area contributed by atoms with Crippen LogP contribution < -0.4 is 5.32 Å². The molecule has 21 heavy (non-hydrogen) atoms. The summed E-state index contributed by atoms with van der Waals surface area (Å²) in [6.07, 6.45) is 4.34. The molecule has 0 aliphatic heterocycles. The summed E-state index contributed by atoms with van der Waals surface area (Å²) in [5, 5.41) is 11.8. The van der Waals surface area contributed by atoms with Gasteiger partial charge in [-0.2, -0.15) is 0 Å². The average molecular weight is 291 g/mol. The second kappa shape index (κ2) is 6.26. The third-order valence-electron chi connectivity index (χ3n) is 3.91. The van der Waals surface area contributed by atoms with Gasteiger partial charge in [0.15, 0.2) is 5.54 Å². The fourth-order valence-electron chi connectivity index (χ4n) is 2.64. The number of carboxylic acid groups (broad SMARTS) is 1. The Balaban J connectivity index is 2.18. The van der Waals surface area contributed by atoms with E-state index in [-0.39, 0.29) is 12.5 Å². The summed E-state index contributed by atoms with van der Waals surface area (Å²) in [5.41, 5.74) is 1.55. The molecule has 0 aromatic heterocycles. The van der Waals surface area contributed by atoms with Crippen LogP contribution in [-0.4, -0.2) is 36.2 Å². The van der Waals surface area contributed by atoms with Gasteiger partial charge in [-0.05, 0) is 55.9 Å². The van der Waals surface area contributed by atoms with Crippen molar-refractivity contribution in [2.24, 2.45) is 0 Å². The Morgan fingerprint density at radius 1 is 1.29 bits per heavy atom. The Kier molecular flexibility index (Phi) is 4.63. The number of aryl methyl sites for hydroxylation is 2. The van der Waals surface area contributed by atoms with Crippen LogP contribution in [0.25, 0.3) is 0 Å². The van der Waals surface area contributed by atoms with Crippen LogP contribution in [0.2, 0.25) is 0 Å². The molecule has 0 heterocycles. The van der Waals surface area contributed by atoms with Gasteiger partial charge in [0.2, 0.25) is 0 Å². The first-order valence-electron chi connectivity index (χ1n) is 7.13. The number of amides is 1. The van der Waals surface area contributed by atoms with Crippen LogP contribution in [0.1, 0.15) is 41.3 Å². The molecule has 114 valence electrons. The maximum absolute atomic E-state index is 12.3. The Labute approximate surface area is 124 Å². The molecule has 1 aromatic rings. The minimum Gasteiger partial charge on any atom is -0.479 e. The molecule has 5 nitrogen and oxygen atoms in total. The lowest BCUT2D eigenvalue weighted by molar-refractivity contribution is -0.145. The van der Waals surface area contributed by atoms with Gasteiger partial charge in [0.25, 0.3) is 5.91 Å². The van der Waals surface area contributed by atoms with Gasteiger partial charge in [-0.25, -0.2) is 4.79 Å². The normalized spacial score (nSPS) is 16.7. The quantitative estimate of drug-likeness (QED) is 0.867. The Morgan fingerprint density at radius 3 is 2.57 bits per heavy atom. The molecule has 5 heteroatoms. The van der Waals surface area contributed by atoms with Crippen LogP contribution in [0, 0.1) is 0 Å². The van der Waals surface area contributed by atoms with Crippen molar-refractivity contribution >= 4 is 11.9 Å². The molecule has 0 bridgehead atoms. The second-order valence-corrected chi connectivity index (χ2v) is 5.71. The van der Waals surface area contributed by atoms with E-state index >= 15 is 0 Å². The maximum Gasteiger partial charge on any atom is 0.331 e. The zero-order chi connectivity index (χ0) is 15.5.